The molecular formula is C7H8ClN5. The molecule has 0 atom stereocenters. The Hall–Kier alpha value is -1.20. The summed E-state index contributed by atoms with van der Waals surface area (Å²) < 4.78 is 1.55. The Morgan fingerprint density at radius 3 is 3.15 bits per heavy atom. The Morgan fingerprint density at radius 2 is 2.38 bits per heavy atom. The third kappa shape index (κ3) is 1.61. The van der Waals surface area contributed by atoms with Gasteiger partial charge < -0.3 is 5.73 Å². The van der Waals surface area contributed by atoms with Crippen LogP contribution in [0.4, 0.5) is 0 Å². The van der Waals surface area contributed by atoms with Gasteiger partial charge in [0.25, 0.3) is 5.78 Å². The number of rotatable bonds is 2. The molecule has 2 heterocycles. The fraction of sp³-hybridized carbons (Fsp3) is 0.286. The normalized spacial score (nSPS) is 10.9. The maximum atomic E-state index is 5.73. The first-order valence-corrected chi connectivity index (χ1v) is 4.24. The first-order chi connectivity index (χ1) is 6.29. The van der Waals surface area contributed by atoms with Crippen molar-refractivity contribution in [1.82, 2.24) is 19.6 Å². The van der Waals surface area contributed by atoms with Crippen molar-refractivity contribution in [2.24, 2.45) is 5.73 Å². The molecule has 0 fully saturated rings. The van der Waals surface area contributed by atoms with E-state index in [0.29, 0.717) is 29.6 Å². The van der Waals surface area contributed by atoms with E-state index >= 15 is 0 Å². The molecule has 0 amide bonds. The molecule has 6 heteroatoms. The second kappa shape index (κ2) is 3.27. The van der Waals surface area contributed by atoms with Gasteiger partial charge in [-0.25, -0.2) is 9.50 Å². The van der Waals surface area contributed by atoms with Gasteiger partial charge in [0.15, 0.2) is 5.82 Å². The van der Waals surface area contributed by atoms with Gasteiger partial charge in [-0.1, -0.05) is 11.6 Å². The van der Waals surface area contributed by atoms with Crippen LogP contribution in [0, 0.1) is 0 Å². The minimum Gasteiger partial charge on any atom is -0.330 e. The van der Waals surface area contributed by atoms with Gasteiger partial charge >= 0.3 is 0 Å². The van der Waals surface area contributed by atoms with E-state index in [-0.39, 0.29) is 0 Å². The van der Waals surface area contributed by atoms with Crippen molar-refractivity contribution < 1.29 is 0 Å². The molecule has 0 spiro atoms. The van der Waals surface area contributed by atoms with Crippen LogP contribution in [0.2, 0.25) is 5.02 Å². The van der Waals surface area contributed by atoms with Crippen LogP contribution >= 0.6 is 11.6 Å². The molecule has 0 saturated heterocycles. The van der Waals surface area contributed by atoms with E-state index in [1.807, 2.05) is 0 Å². The summed E-state index contributed by atoms with van der Waals surface area (Å²) in [5, 5.41) is 4.68. The van der Waals surface area contributed by atoms with Gasteiger partial charge in [0.1, 0.15) is 0 Å². The average molecular weight is 198 g/mol. The predicted octanol–water partition coefficient (Wildman–Crippen LogP) is 0.279. The molecule has 0 saturated carbocycles. The van der Waals surface area contributed by atoms with Crippen LogP contribution in [0.25, 0.3) is 5.78 Å². The van der Waals surface area contributed by atoms with E-state index in [1.165, 1.54) is 6.20 Å². The van der Waals surface area contributed by atoms with E-state index in [0.717, 1.165) is 0 Å². The molecule has 0 unspecified atom stereocenters. The van der Waals surface area contributed by atoms with Crippen LogP contribution in [-0.4, -0.2) is 26.1 Å². The second-order valence-corrected chi connectivity index (χ2v) is 3.02. The third-order valence-electron chi connectivity index (χ3n) is 1.57. The highest BCUT2D eigenvalue weighted by Gasteiger charge is 2.03. The highest BCUT2D eigenvalue weighted by Crippen LogP contribution is 2.06. The first-order valence-electron chi connectivity index (χ1n) is 3.86. The maximum Gasteiger partial charge on any atom is 0.252 e. The molecule has 2 aromatic heterocycles. The van der Waals surface area contributed by atoms with Crippen molar-refractivity contribution in [2.75, 3.05) is 6.54 Å². The summed E-state index contributed by atoms with van der Waals surface area (Å²) in [6.45, 7) is 0.532. The van der Waals surface area contributed by atoms with Crippen molar-refractivity contribution >= 4 is 17.4 Å². The molecule has 2 aromatic rings. The molecule has 0 aliphatic rings. The van der Waals surface area contributed by atoms with Gasteiger partial charge in [-0.3, -0.25) is 0 Å². The van der Waals surface area contributed by atoms with Gasteiger partial charge in [0, 0.05) is 6.42 Å². The van der Waals surface area contributed by atoms with Crippen molar-refractivity contribution in [3.8, 4) is 0 Å². The molecule has 5 nitrogen and oxygen atoms in total. The van der Waals surface area contributed by atoms with Crippen LogP contribution < -0.4 is 5.73 Å². The SMILES string of the molecule is NCCc1nc2ncc(Cl)cn2n1. The van der Waals surface area contributed by atoms with Crippen LogP contribution in [0.5, 0.6) is 0 Å². The molecule has 0 aliphatic heterocycles. The second-order valence-electron chi connectivity index (χ2n) is 2.58. The summed E-state index contributed by atoms with van der Waals surface area (Å²) in [4.78, 5) is 8.15. The van der Waals surface area contributed by atoms with Crippen molar-refractivity contribution in [2.45, 2.75) is 6.42 Å². The van der Waals surface area contributed by atoms with Gasteiger partial charge in [-0.2, -0.15) is 4.98 Å². The van der Waals surface area contributed by atoms with Crippen molar-refractivity contribution in [1.29, 1.82) is 0 Å². The lowest BCUT2D eigenvalue weighted by molar-refractivity contribution is 0.842. The molecule has 68 valence electrons. The van der Waals surface area contributed by atoms with Gasteiger partial charge in [0.2, 0.25) is 0 Å². The quantitative estimate of drug-likeness (QED) is 0.751. The highest BCUT2D eigenvalue weighted by atomic mass is 35.5. The molecule has 0 aromatic carbocycles. The summed E-state index contributed by atoms with van der Waals surface area (Å²) in [5.41, 5.74) is 5.38. The minimum atomic E-state index is 0.532. The van der Waals surface area contributed by atoms with Gasteiger partial charge in [-0.15, -0.1) is 5.10 Å². The lowest BCUT2D eigenvalue weighted by Gasteiger charge is -1.88. The number of nitrogens with zero attached hydrogens (tertiary/aromatic N) is 4. The lowest BCUT2D eigenvalue weighted by atomic mass is 10.4. The van der Waals surface area contributed by atoms with E-state index < -0.39 is 0 Å². The third-order valence-corrected chi connectivity index (χ3v) is 1.77. The van der Waals surface area contributed by atoms with Gasteiger partial charge in [-0.05, 0) is 6.54 Å². The predicted molar refractivity (Wildman–Crippen MR) is 48.6 cm³/mol. The van der Waals surface area contributed by atoms with Crippen molar-refractivity contribution in [3.05, 3.63) is 23.2 Å². The van der Waals surface area contributed by atoms with E-state index in [2.05, 4.69) is 15.1 Å². The molecule has 2 N–H and O–H groups in total. The summed E-state index contributed by atoms with van der Waals surface area (Å²) in [7, 11) is 0. The number of fused-ring (bicyclic) bond motifs is 1. The molecule has 2 rings (SSSR count). The van der Waals surface area contributed by atoms with E-state index in [4.69, 9.17) is 17.3 Å². The topological polar surface area (TPSA) is 69.1 Å². The van der Waals surface area contributed by atoms with E-state index in [9.17, 15) is 0 Å². The largest absolute Gasteiger partial charge is 0.330 e. The Morgan fingerprint density at radius 1 is 1.54 bits per heavy atom. The number of hydrogen-bond acceptors (Lipinski definition) is 4. The van der Waals surface area contributed by atoms with E-state index in [1.54, 1.807) is 10.7 Å². The molecule has 13 heavy (non-hydrogen) atoms. The average Bonchev–Trinajstić information content (AvgIpc) is 2.46. The Kier molecular flexibility index (Phi) is 2.12. The fourth-order valence-electron chi connectivity index (χ4n) is 1.04. The van der Waals surface area contributed by atoms with Crippen LogP contribution in [0.1, 0.15) is 5.82 Å². The van der Waals surface area contributed by atoms with Crippen molar-refractivity contribution in [3.63, 3.8) is 0 Å². The number of halogens is 1. The Bertz CT molecular complexity index is 424. The van der Waals surface area contributed by atoms with Crippen LogP contribution in [0.3, 0.4) is 0 Å². The summed E-state index contributed by atoms with van der Waals surface area (Å²) in [6.07, 6.45) is 3.86. The fourth-order valence-corrected chi connectivity index (χ4v) is 1.18. The zero-order valence-corrected chi connectivity index (χ0v) is 7.57. The number of hydrogen-bond donors (Lipinski definition) is 1. The summed E-state index contributed by atoms with van der Waals surface area (Å²) in [5.74, 6) is 1.24. The monoisotopic (exact) mass is 197 g/mol. The number of aromatic nitrogens is 4. The lowest BCUT2D eigenvalue weighted by Crippen LogP contribution is -2.04. The smallest absolute Gasteiger partial charge is 0.252 e. The maximum absolute atomic E-state index is 5.73. The van der Waals surface area contributed by atoms with Crippen LogP contribution in [0.15, 0.2) is 12.4 Å². The van der Waals surface area contributed by atoms with Gasteiger partial charge in [0.05, 0.1) is 17.4 Å². The summed E-state index contributed by atoms with van der Waals surface area (Å²) >= 11 is 5.73. The molecule has 0 aliphatic carbocycles. The van der Waals surface area contributed by atoms with Crippen LogP contribution in [-0.2, 0) is 6.42 Å². The molecule has 0 radical (unpaired) electrons. The molecular weight excluding hydrogens is 190 g/mol. The first kappa shape index (κ1) is 8.40. The number of nitrogens with two attached hydrogens (primary N) is 1. The Labute approximate surface area is 79.6 Å². The Balaban J connectivity index is 2.49. The zero-order valence-electron chi connectivity index (χ0n) is 6.81. The minimum absolute atomic E-state index is 0.532. The standard InChI is InChI=1S/C7H8ClN5/c8-5-3-10-7-11-6(1-2-9)12-13(7)4-5/h3-4H,1-2,9H2. The molecule has 0 bridgehead atoms. The highest BCUT2D eigenvalue weighted by molar-refractivity contribution is 6.30. The zero-order chi connectivity index (χ0) is 9.26. The summed E-state index contributed by atoms with van der Waals surface area (Å²) in [6, 6.07) is 0.